The molecule has 0 spiro atoms. The van der Waals surface area contributed by atoms with Crippen molar-refractivity contribution in [3.8, 4) is 5.75 Å². The number of aromatic amines is 1. The number of primary amides is 4. The maximum Gasteiger partial charge on any atom is 0.246 e. The molecule has 0 fully saturated rings. The number of rotatable bonds is 58. The summed E-state index contributed by atoms with van der Waals surface area (Å²) in [6, 6.07) is 2.38. The van der Waals surface area contributed by atoms with E-state index in [1.807, 2.05) is 0 Å². The number of aromatic hydroxyl groups is 1. The molecule has 0 aliphatic rings. The monoisotopic (exact) mass is 1790 g/mol. The van der Waals surface area contributed by atoms with Crippen molar-refractivity contribution in [2.75, 3.05) is 50.9 Å². The van der Waals surface area contributed by atoms with E-state index in [1.165, 1.54) is 44.3 Å². The Morgan fingerprint density at radius 1 is 0.456 bits per heavy atom. The largest absolute Gasteiger partial charge is 0.508 e. The van der Waals surface area contributed by atoms with E-state index in [-0.39, 0.29) is 69.7 Å². The van der Waals surface area contributed by atoms with Crippen molar-refractivity contribution in [3.63, 3.8) is 0 Å². The molecule has 686 valence electrons. The Bertz CT molecular complexity index is 4370. The van der Waals surface area contributed by atoms with Crippen LogP contribution in [0.25, 0.3) is 10.9 Å². The first-order chi connectivity index (χ1) is 59.2. The molecule has 0 aliphatic carbocycles. The molecular formula is C79H117N23O21S2. The average Bonchev–Trinajstić information content (AvgIpc) is 1.71. The molecule has 44 nitrogen and oxygen atoms in total. The second kappa shape index (κ2) is 54.7. The van der Waals surface area contributed by atoms with Crippen LogP contribution in [0.1, 0.15) is 115 Å². The number of para-hydroxylation sites is 1. The van der Waals surface area contributed by atoms with Crippen molar-refractivity contribution in [1.29, 1.82) is 5.41 Å². The van der Waals surface area contributed by atoms with Gasteiger partial charge < -0.3 is 134 Å². The number of guanidine groups is 1. The van der Waals surface area contributed by atoms with E-state index in [0.29, 0.717) is 47.0 Å². The number of nitrogens with two attached hydrogens (primary N) is 6. The van der Waals surface area contributed by atoms with Gasteiger partial charge in [0.05, 0.1) is 25.7 Å². The molecule has 31 N–H and O–H groups in total. The lowest BCUT2D eigenvalue weighted by molar-refractivity contribution is -0.137. The Balaban J connectivity index is 1.60. The fourth-order valence-corrected chi connectivity index (χ4v) is 13.0. The van der Waals surface area contributed by atoms with Crippen LogP contribution in [-0.4, -0.2) is 257 Å². The molecule has 1 aromatic heterocycles. The van der Waals surface area contributed by atoms with Crippen molar-refractivity contribution in [2.45, 2.75) is 196 Å². The van der Waals surface area contributed by atoms with Crippen LogP contribution in [0, 0.1) is 11.3 Å². The number of aliphatic hydroxyl groups is 1. The summed E-state index contributed by atoms with van der Waals surface area (Å²) in [6.07, 6.45) is -3.05. The Hall–Kier alpha value is -12.7. The van der Waals surface area contributed by atoms with Gasteiger partial charge in [0.1, 0.15) is 78.8 Å². The van der Waals surface area contributed by atoms with E-state index in [0.717, 1.165) is 13.8 Å². The molecule has 18 amide bonds. The Kier molecular flexibility index (Phi) is 45.8. The van der Waals surface area contributed by atoms with Gasteiger partial charge in [0.25, 0.3) is 0 Å². The standard InChI is InChI=1S/C79H117N23O21S2/c1-41(2)66(77(121)99-57(35-62(83)108)69(113)90-37-64(110)87-29-30-123-38-65(111)93-51(68(84)112)17-10-11-27-80)101-71(115)52(18-12-28-88-79(85)86)94-63(109)34-47(31-44-13-6-5-7-14-44)92-73(117)55(32-45-19-21-48(105)22-20-45)97-76(120)59(40-125)100-70(114)53(23-25-60(81)106)95-74(118)56(33-46-36-89-50-16-9-8-15-49(46)50)98-78(122)67(42(3)103)102-72(116)54(24-26-61(82)107)96-75(119)58(39-124)91-43(4)104/h5-9,13-16,19-22,36,41-42,47,51-59,66-67,89,103,105,124-125H,10-12,17-18,23-35,37-40,80H2,1-4H3,(H2,81,106)(H2,82,107)(H2,83,108)(H2,84,112)(H,87,110)(H,90,113)(H,91,104)(H,92,117)(H,93,111)(H,94,109)(H,95,118)(H,96,119)(H,97,120)(H,98,122)(H,99,121)(H,100,114)(H,101,115)(H,102,116)(H4,85,86,88)/t42-,47+,51-,52+,53+,54+,55+,56+,57+,58+,59+,66+,67+/m1/s1. The van der Waals surface area contributed by atoms with Crippen molar-refractivity contribution >= 4 is 148 Å². The second-order valence-corrected chi connectivity index (χ2v) is 30.4. The highest BCUT2D eigenvalue weighted by atomic mass is 32.1. The van der Waals surface area contributed by atoms with Crippen LogP contribution < -0.4 is 114 Å². The summed E-state index contributed by atoms with van der Waals surface area (Å²) >= 11 is 8.45. The van der Waals surface area contributed by atoms with Gasteiger partial charge in [-0.25, -0.2) is 0 Å². The molecule has 1 heterocycles. The van der Waals surface area contributed by atoms with Gasteiger partial charge in [0.15, 0.2) is 5.96 Å². The van der Waals surface area contributed by atoms with Crippen LogP contribution >= 0.6 is 25.3 Å². The highest BCUT2D eigenvalue weighted by Gasteiger charge is 2.39. The van der Waals surface area contributed by atoms with Crippen LogP contribution in [0.15, 0.2) is 85.1 Å². The average molecular weight is 1790 g/mol. The van der Waals surface area contributed by atoms with Crippen LogP contribution in [0.3, 0.4) is 0 Å². The zero-order valence-electron chi connectivity index (χ0n) is 69.7. The van der Waals surface area contributed by atoms with Gasteiger partial charge in [-0.15, -0.1) is 0 Å². The molecule has 0 bridgehead atoms. The lowest BCUT2D eigenvalue weighted by atomic mass is 9.99. The van der Waals surface area contributed by atoms with Crippen LogP contribution in [0.4, 0.5) is 0 Å². The molecule has 13 atom stereocenters. The topological polar surface area (TPSA) is 733 Å². The zero-order valence-corrected chi connectivity index (χ0v) is 71.5. The highest BCUT2D eigenvalue weighted by Crippen LogP contribution is 2.21. The number of aromatic nitrogens is 1. The molecular weight excluding hydrogens is 1670 g/mol. The molecule has 0 saturated heterocycles. The molecule has 0 saturated carbocycles. The molecule has 0 radical (unpaired) electrons. The fourth-order valence-electron chi connectivity index (χ4n) is 12.5. The van der Waals surface area contributed by atoms with E-state index in [2.05, 4.69) is 110 Å². The summed E-state index contributed by atoms with van der Waals surface area (Å²) in [5, 5.41) is 67.1. The van der Waals surface area contributed by atoms with Gasteiger partial charge in [-0.1, -0.05) is 74.5 Å². The number of ether oxygens (including phenoxy) is 1. The van der Waals surface area contributed by atoms with Crippen molar-refractivity contribution in [1.82, 2.24) is 84.7 Å². The number of fused-ring (bicyclic) bond motifs is 1. The van der Waals surface area contributed by atoms with Gasteiger partial charge in [-0.2, -0.15) is 25.3 Å². The number of phenolic OH excluding ortho intramolecular Hbond substituents is 1. The first-order valence-corrected chi connectivity index (χ1v) is 41.4. The Morgan fingerprint density at radius 2 is 0.952 bits per heavy atom. The van der Waals surface area contributed by atoms with Crippen LogP contribution in [-0.2, 0) is 110 Å². The number of amides is 18. The summed E-state index contributed by atoms with van der Waals surface area (Å²) in [6.45, 7) is 4.19. The van der Waals surface area contributed by atoms with Crippen molar-refractivity contribution in [3.05, 3.63) is 102 Å². The molecule has 0 aliphatic heterocycles. The second-order valence-electron chi connectivity index (χ2n) is 29.7. The van der Waals surface area contributed by atoms with Gasteiger partial charge in [0.2, 0.25) is 106 Å². The lowest BCUT2D eigenvalue weighted by Crippen LogP contribution is -2.62. The maximum absolute atomic E-state index is 15.0. The van der Waals surface area contributed by atoms with Gasteiger partial charge in [-0.3, -0.25) is 91.7 Å². The number of thiol groups is 2. The quantitative estimate of drug-likeness (QED) is 0.00845. The molecule has 46 heteroatoms. The Morgan fingerprint density at radius 3 is 1.52 bits per heavy atom. The zero-order chi connectivity index (χ0) is 93.0. The predicted octanol–water partition coefficient (Wildman–Crippen LogP) is -7.44. The number of carbonyl (C=O) groups excluding carboxylic acids is 18. The number of hydrogen-bond donors (Lipinski definition) is 27. The molecule has 0 unspecified atom stereocenters. The number of carbonyl (C=O) groups is 18. The minimum absolute atomic E-state index is 0.00589. The number of aliphatic hydroxyl groups excluding tert-OH is 1. The van der Waals surface area contributed by atoms with Crippen LogP contribution in [0.5, 0.6) is 5.75 Å². The first-order valence-electron chi connectivity index (χ1n) is 40.1. The van der Waals surface area contributed by atoms with Crippen LogP contribution in [0.2, 0.25) is 0 Å². The number of unbranched alkanes of at least 4 members (excludes halogenated alkanes) is 1. The summed E-state index contributed by atoms with van der Waals surface area (Å²) in [5.74, 6) is -19.1. The van der Waals surface area contributed by atoms with Gasteiger partial charge >= 0.3 is 0 Å². The van der Waals surface area contributed by atoms with E-state index in [4.69, 9.17) is 44.5 Å². The Labute approximate surface area is 731 Å². The van der Waals surface area contributed by atoms with E-state index >= 15 is 4.79 Å². The molecule has 4 aromatic rings. The number of benzene rings is 3. The number of hydrogen-bond acceptors (Lipinski definition) is 25. The summed E-state index contributed by atoms with van der Waals surface area (Å²) in [5.41, 5.74) is 34.8. The number of phenols is 1. The number of H-pyrrole nitrogens is 1. The van der Waals surface area contributed by atoms with Crippen molar-refractivity contribution < 1.29 is 101 Å². The maximum atomic E-state index is 15.0. The highest BCUT2D eigenvalue weighted by molar-refractivity contribution is 7.80. The lowest BCUT2D eigenvalue weighted by Gasteiger charge is -2.29. The fraction of sp³-hybridized carbons (Fsp3) is 0.506. The van der Waals surface area contributed by atoms with E-state index < -0.39 is 254 Å². The summed E-state index contributed by atoms with van der Waals surface area (Å²) in [4.78, 5) is 246. The van der Waals surface area contributed by atoms with E-state index in [9.17, 15) is 91.7 Å². The normalized spacial score (nSPS) is 14.2. The third-order valence-electron chi connectivity index (χ3n) is 19.0. The van der Waals surface area contributed by atoms with Gasteiger partial charge in [-0.05, 0) is 106 Å². The summed E-state index contributed by atoms with van der Waals surface area (Å²) in [7, 11) is 0. The first kappa shape index (κ1) is 105. The minimum atomic E-state index is -1.92. The third-order valence-corrected chi connectivity index (χ3v) is 19.7. The molecule has 125 heavy (non-hydrogen) atoms. The summed E-state index contributed by atoms with van der Waals surface area (Å²) < 4.78 is 5.27. The van der Waals surface area contributed by atoms with E-state index in [1.54, 1.807) is 54.6 Å². The van der Waals surface area contributed by atoms with Crippen molar-refractivity contribution in [2.24, 2.45) is 40.3 Å². The SMILES string of the molecule is CC(=O)N[C@@H](CS)C(=O)N[C@@H](CCC(N)=O)C(=O)N[C@H](C(=O)N[C@@H](Cc1c[nH]c2ccccc12)C(=O)N[C@@H](CCC(N)=O)C(=O)N[C@@H](CS)C(=O)N[C@@H](Cc1ccc(O)cc1)C(=O)N[C@H](CC(=O)N[C@@H](CCCNC(=N)N)C(=O)N[C@H](C(=O)N[C@@H](CC(N)=O)C(=O)NCC(=O)NCCOCC(=O)N[C@H](CCCCN)C(N)=O)C(C)C)Cc1ccccc1)[C@@H](C)O. The molecule has 3 aromatic carbocycles. The smallest absolute Gasteiger partial charge is 0.246 e. The predicted molar refractivity (Wildman–Crippen MR) is 460 cm³/mol. The van der Waals surface area contributed by atoms with Gasteiger partial charge in [0, 0.05) is 86.8 Å². The molecule has 4 rings (SSSR count). The minimum Gasteiger partial charge on any atom is -0.508 e. The third kappa shape index (κ3) is 39.2. The number of nitrogens with one attached hydrogen (secondary N) is 17.